The third-order valence-electron chi connectivity index (χ3n) is 5.66. The zero-order valence-corrected chi connectivity index (χ0v) is 21.2. The molecule has 0 aliphatic heterocycles. The molecule has 2 N–H and O–H groups in total. The lowest BCUT2D eigenvalue weighted by Crippen LogP contribution is -2.40. The van der Waals surface area contributed by atoms with Crippen molar-refractivity contribution in [1.82, 2.24) is 0 Å². The Hall–Kier alpha value is -2.99. The zero-order valence-electron chi connectivity index (χ0n) is 21.2. The van der Waals surface area contributed by atoms with Crippen LogP contribution in [0.2, 0.25) is 0 Å². The maximum Gasteiger partial charge on any atom is 0.195 e. The summed E-state index contributed by atoms with van der Waals surface area (Å²) in [6, 6.07) is 0. The van der Waals surface area contributed by atoms with E-state index in [0.29, 0.717) is 24.2 Å². The first-order valence-electron chi connectivity index (χ1n) is 11.5. The second-order valence-electron chi connectivity index (χ2n) is 9.20. The lowest BCUT2D eigenvalue weighted by atomic mass is 9.69. The van der Waals surface area contributed by atoms with Crippen molar-refractivity contribution in [2.24, 2.45) is 5.41 Å². The van der Waals surface area contributed by atoms with Crippen LogP contribution in [0.15, 0.2) is 69.8 Å². The Labute approximate surface area is 203 Å². The standard InChI is InChI=1S/C28H38O6/c1-19(2)10-13-28(14-11-21(5)8-7-9-22(6)17-29)25(34-15-12-20(3)4)16-23(31)26(27(28)33)24(32)18-30/h9-12,16-17,30-31H,7-8,13-15,18H2,1-6H3/t28-/m0/s1. The van der Waals surface area contributed by atoms with Crippen molar-refractivity contribution < 1.29 is 29.3 Å². The molecule has 0 saturated heterocycles. The fourth-order valence-electron chi connectivity index (χ4n) is 3.50. The van der Waals surface area contributed by atoms with Crippen molar-refractivity contribution in [3.05, 3.63) is 69.8 Å². The molecule has 0 fully saturated rings. The van der Waals surface area contributed by atoms with E-state index in [1.54, 1.807) is 6.92 Å². The minimum Gasteiger partial charge on any atom is -0.507 e. The van der Waals surface area contributed by atoms with Crippen molar-refractivity contribution in [3.63, 3.8) is 0 Å². The number of allylic oxidation sites excluding steroid dienone is 9. The van der Waals surface area contributed by atoms with E-state index in [0.717, 1.165) is 23.0 Å². The van der Waals surface area contributed by atoms with Gasteiger partial charge in [0, 0.05) is 6.08 Å². The molecular weight excluding hydrogens is 432 g/mol. The van der Waals surface area contributed by atoms with E-state index in [4.69, 9.17) is 4.74 Å². The number of ketones is 2. The Kier molecular flexibility index (Phi) is 11.7. The average Bonchev–Trinajstić information content (AvgIpc) is 2.77. The molecule has 186 valence electrons. The van der Waals surface area contributed by atoms with Crippen LogP contribution in [0.3, 0.4) is 0 Å². The molecule has 1 aliphatic rings. The van der Waals surface area contributed by atoms with Gasteiger partial charge in [0.2, 0.25) is 0 Å². The van der Waals surface area contributed by atoms with Gasteiger partial charge in [-0.15, -0.1) is 0 Å². The number of aldehydes is 1. The number of hydrogen-bond acceptors (Lipinski definition) is 6. The summed E-state index contributed by atoms with van der Waals surface area (Å²) in [6.45, 7) is 10.8. The third kappa shape index (κ3) is 8.10. The van der Waals surface area contributed by atoms with Crippen molar-refractivity contribution in [1.29, 1.82) is 0 Å². The molecule has 0 bridgehead atoms. The van der Waals surface area contributed by atoms with Crippen LogP contribution in [0.1, 0.15) is 67.2 Å². The van der Waals surface area contributed by atoms with Crippen molar-refractivity contribution >= 4 is 17.9 Å². The lowest BCUT2D eigenvalue weighted by Gasteiger charge is -2.36. The normalized spacial score (nSPS) is 18.9. The van der Waals surface area contributed by atoms with Gasteiger partial charge in [0.05, 0.1) is 5.41 Å². The summed E-state index contributed by atoms with van der Waals surface area (Å²) in [7, 11) is 0. The molecule has 0 amide bonds. The summed E-state index contributed by atoms with van der Waals surface area (Å²) in [5.74, 6) is -1.57. The number of hydrogen-bond donors (Lipinski definition) is 2. The van der Waals surface area contributed by atoms with Crippen LogP contribution < -0.4 is 0 Å². The lowest BCUT2D eigenvalue weighted by molar-refractivity contribution is -0.129. The summed E-state index contributed by atoms with van der Waals surface area (Å²) in [4.78, 5) is 36.9. The van der Waals surface area contributed by atoms with Gasteiger partial charge in [-0.1, -0.05) is 34.9 Å². The van der Waals surface area contributed by atoms with E-state index in [-0.39, 0.29) is 19.4 Å². The van der Waals surface area contributed by atoms with Gasteiger partial charge in [0.25, 0.3) is 0 Å². The first kappa shape index (κ1) is 29.0. The molecule has 0 radical (unpaired) electrons. The zero-order chi connectivity index (χ0) is 25.9. The van der Waals surface area contributed by atoms with Gasteiger partial charge >= 0.3 is 0 Å². The number of ether oxygens (including phenoxy) is 1. The highest BCUT2D eigenvalue weighted by Gasteiger charge is 2.48. The summed E-state index contributed by atoms with van der Waals surface area (Å²) in [5, 5.41) is 19.9. The van der Waals surface area contributed by atoms with Gasteiger partial charge < -0.3 is 14.9 Å². The second-order valence-corrected chi connectivity index (χ2v) is 9.20. The number of carbonyl (C=O) groups is 3. The summed E-state index contributed by atoms with van der Waals surface area (Å²) >= 11 is 0. The van der Waals surface area contributed by atoms with Crippen LogP contribution in [0.5, 0.6) is 0 Å². The molecule has 6 heteroatoms. The van der Waals surface area contributed by atoms with E-state index < -0.39 is 34.9 Å². The number of aliphatic hydroxyl groups is 2. The van der Waals surface area contributed by atoms with Crippen LogP contribution in [-0.2, 0) is 19.1 Å². The van der Waals surface area contributed by atoms with Gasteiger partial charge in [-0.25, -0.2) is 0 Å². The first-order valence-corrected chi connectivity index (χ1v) is 11.5. The SMILES string of the molecule is CC(C)=CCOC1=CC(O)=C(C(=O)CO)C(=O)[C@@]1(CC=C(C)C)CC=C(C)CCC=C(C)C=O. The Bertz CT molecular complexity index is 963. The maximum absolute atomic E-state index is 13.7. The molecule has 34 heavy (non-hydrogen) atoms. The molecule has 0 saturated carbocycles. The number of aliphatic hydroxyl groups excluding tert-OH is 2. The molecule has 0 spiro atoms. The van der Waals surface area contributed by atoms with E-state index >= 15 is 0 Å². The van der Waals surface area contributed by atoms with E-state index in [1.807, 2.05) is 58.9 Å². The number of Topliss-reactive ketones (excluding diaryl/α,β-unsaturated/α-hetero) is 2. The topological polar surface area (TPSA) is 101 Å². The van der Waals surface area contributed by atoms with Crippen LogP contribution in [-0.4, -0.2) is 41.3 Å². The Balaban J connectivity index is 3.51. The third-order valence-corrected chi connectivity index (χ3v) is 5.66. The van der Waals surface area contributed by atoms with Gasteiger partial charge in [-0.3, -0.25) is 14.4 Å². The molecular formula is C28H38O6. The molecule has 0 aromatic heterocycles. The molecule has 0 unspecified atom stereocenters. The monoisotopic (exact) mass is 470 g/mol. The highest BCUT2D eigenvalue weighted by atomic mass is 16.5. The minimum atomic E-state index is -1.23. The first-order chi connectivity index (χ1) is 16.0. The van der Waals surface area contributed by atoms with Gasteiger partial charge in [0.1, 0.15) is 36.6 Å². The highest BCUT2D eigenvalue weighted by Crippen LogP contribution is 2.45. The van der Waals surface area contributed by atoms with E-state index in [2.05, 4.69) is 0 Å². The fourth-order valence-corrected chi connectivity index (χ4v) is 3.50. The Morgan fingerprint density at radius 3 is 2.18 bits per heavy atom. The molecule has 0 aromatic rings. The molecule has 0 aromatic carbocycles. The maximum atomic E-state index is 13.7. The Morgan fingerprint density at radius 2 is 1.62 bits per heavy atom. The van der Waals surface area contributed by atoms with Crippen LogP contribution in [0, 0.1) is 5.41 Å². The van der Waals surface area contributed by atoms with Crippen molar-refractivity contribution in [2.45, 2.75) is 67.2 Å². The number of carbonyl (C=O) groups excluding carboxylic acids is 3. The quantitative estimate of drug-likeness (QED) is 0.161. The van der Waals surface area contributed by atoms with Crippen molar-refractivity contribution in [3.8, 4) is 0 Å². The second kappa shape index (κ2) is 13.7. The van der Waals surface area contributed by atoms with Crippen molar-refractivity contribution in [2.75, 3.05) is 13.2 Å². The Morgan fingerprint density at radius 1 is 1.00 bits per heavy atom. The molecule has 1 aliphatic carbocycles. The predicted molar refractivity (Wildman–Crippen MR) is 134 cm³/mol. The molecule has 1 rings (SSSR count). The fraction of sp³-hybridized carbons (Fsp3) is 0.464. The number of rotatable bonds is 13. The summed E-state index contributed by atoms with van der Waals surface area (Å²) in [6.07, 6.45) is 11.7. The molecule has 0 heterocycles. The average molecular weight is 471 g/mol. The predicted octanol–water partition coefficient (Wildman–Crippen LogP) is 5.41. The molecule has 1 atom stereocenters. The van der Waals surface area contributed by atoms with E-state index in [9.17, 15) is 24.6 Å². The smallest absolute Gasteiger partial charge is 0.195 e. The van der Waals surface area contributed by atoms with Crippen LogP contribution >= 0.6 is 0 Å². The summed E-state index contributed by atoms with van der Waals surface area (Å²) in [5.41, 5.74) is 2.12. The van der Waals surface area contributed by atoms with Crippen LogP contribution in [0.4, 0.5) is 0 Å². The van der Waals surface area contributed by atoms with Gasteiger partial charge in [0.15, 0.2) is 11.6 Å². The van der Waals surface area contributed by atoms with Gasteiger partial charge in [-0.2, -0.15) is 0 Å². The molecule has 6 nitrogen and oxygen atoms in total. The summed E-state index contributed by atoms with van der Waals surface area (Å²) < 4.78 is 5.99. The van der Waals surface area contributed by atoms with Crippen LogP contribution in [0.25, 0.3) is 0 Å². The van der Waals surface area contributed by atoms with Gasteiger partial charge in [-0.05, 0) is 78.9 Å². The highest BCUT2D eigenvalue weighted by molar-refractivity contribution is 6.24. The van der Waals surface area contributed by atoms with E-state index in [1.165, 1.54) is 6.08 Å². The largest absolute Gasteiger partial charge is 0.507 e. The minimum absolute atomic E-state index is 0.215.